The third-order valence-corrected chi connectivity index (χ3v) is 4.22. The smallest absolute Gasteiger partial charge is 0.202 e. The first-order valence-corrected chi connectivity index (χ1v) is 5.88. The Morgan fingerprint density at radius 2 is 2.36 bits per heavy atom. The van der Waals surface area contributed by atoms with Crippen LogP contribution in [0.1, 0.15) is 13.8 Å². The van der Waals surface area contributed by atoms with Crippen molar-refractivity contribution in [3.63, 3.8) is 0 Å². The SMILES string of the molecule is C#CC1(C)CP(C)(=O)OC1C. The van der Waals surface area contributed by atoms with Crippen LogP contribution in [0.4, 0.5) is 0 Å². The summed E-state index contributed by atoms with van der Waals surface area (Å²) in [4.78, 5) is 0. The maximum Gasteiger partial charge on any atom is 0.202 e. The summed E-state index contributed by atoms with van der Waals surface area (Å²) in [6, 6.07) is 0. The van der Waals surface area contributed by atoms with Crippen molar-refractivity contribution in [3.05, 3.63) is 0 Å². The highest BCUT2D eigenvalue weighted by Crippen LogP contribution is 2.57. The van der Waals surface area contributed by atoms with Crippen LogP contribution < -0.4 is 0 Å². The van der Waals surface area contributed by atoms with Gasteiger partial charge in [-0.1, -0.05) is 5.92 Å². The Balaban J connectivity index is 2.93. The van der Waals surface area contributed by atoms with Crippen molar-refractivity contribution < 1.29 is 9.09 Å². The molecule has 62 valence electrons. The lowest BCUT2D eigenvalue weighted by Gasteiger charge is -2.18. The van der Waals surface area contributed by atoms with Crippen LogP contribution in [0.5, 0.6) is 0 Å². The van der Waals surface area contributed by atoms with Crippen LogP contribution in [-0.4, -0.2) is 18.9 Å². The van der Waals surface area contributed by atoms with Gasteiger partial charge in [0.25, 0.3) is 0 Å². The van der Waals surface area contributed by atoms with E-state index in [1.165, 1.54) is 0 Å². The van der Waals surface area contributed by atoms with Crippen molar-refractivity contribution in [2.75, 3.05) is 12.8 Å². The Kier molecular flexibility index (Phi) is 1.90. The third kappa shape index (κ3) is 1.50. The van der Waals surface area contributed by atoms with Gasteiger partial charge in [0.05, 0.1) is 11.5 Å². The van der Waals surface area contributed by atoms with Gasteiger partial charge in [0.2, 0.25) is 7.37 Å². The van der Waals surface area contributed by atoms with Gasteiger partial charge in [-0.25, -0.2) is 0 Å². The molecule has 3 heteroatoms. The fraction of sp³-hybridized carbons (Fsp3) is 0.750. The first-order chi connectivity index (χ1) is 4.90. The number of terminal acetylenes is 1. The molecule has 0 aromatic rings. The van der Waals surface area contributed by atoms with Crippen molar-refractivity contribution in [3.8, 4) is 12.3 Å². The number of hydrogen-bond acceptors (Lipinski definition) is 2. The van der Waals surface area contributed by atoms with Gasteiger partial charge in [0.15, 0.2) is 0 Å². The highest BCUT2D eigenvalue weighted by molar-refractivity contribution is 7.58. The van der Waals surface area contributed by atoms with Crippen LogP contribution in [0, 0.1) is 17.8 Å². The molecule has 1 fully saturated rings. The maximum absolute atomic E-state index is 11.5. The third-order valence-electron chi connectivity index (χ3n) is 2.22. The van der Waals surface area contributed by atoms with Gasteiger partial charge < -0.3 is 4.52 Å². The fourth-order valence-electron chi connectivity index (χ4n) is 1.38. The van der Waals surface area contributed by atoms with E-state index in [0.29, 0.717) is 6.16 Å². The maximum atomic E-state index is 11.5. The molecule has 1 rings (SSSR count). The van der Waals surface area contributed by atoms with Gasteiger partial charge in [0, 0.05) is 12.8 Å². The van der Waals surface area contributed by atoms with E-state index in [1.807, 2.05) is 13.8 Å². The van der Waals surface area contributed by atoms with E-state index in [4.69, 9.17) is 10.9 Å². The normalized spacial score (nSPS) is 50.5. The Labute approximate surface area is 67.8 Å². The van der Waals surface area contributed by atoms with E-state index < -0.39 is 7.37 Å². The highest BCUT2D eigenvalue weighted by atomic mass is 31.2. The fourth-order valence-corrected chi connectivity index (χ4v) is 3.89. The van der Waals surface area contributed by atoms with Gasteiger partial charge in [-0.2, -0.15) is 0 Å². The van der Waals surface area contributed by atoms with Gasteiger partial charge >= 0.3 is 0 Å². The Bertz CT molecular complexity index is 253. The molecule has 1 aliphatic heterocycles. The monoisotopic (exact) mass is 172 g/mol. The molecule has 0 aromatic carbocycles. The van der Waals surface area contributed by atoms with E-state index in [2.05, 4.69) is 5.92 Å². The predicted molar refractivity (Wildman–Crippen MR) is 45.9 cm³/mol. The number of hydrogen-bond donors (Lipinski definition) is 0. The van der Waals surface area contributed by atoms with E-state index in [9.17, 15) is 4.57 Å². The van der Waals surface area contributed by atoms with Gasteiger partial charge in [-0.15, -0.1) is 6.42 Å². The van der Waals surface area contributed by atoms with E-state index in [-0.39, 0.29) is 11.5 Å². The second kappa shape index (κ2) is 2.37. The van der Waals surface area contributed by atoms with Crippen molar-refractivity contribution in [2.24, 2.45) is 5.41 Å². The summed E-state index contributed by atoms with van der Waals surface area (Å²) in [5.41, 5.74) is -0.329. The summed E-state index contributed by atoms with van der Waals surface area (Å²) in [7, 11) is -2.38. The van der Waals surface area contributed by atoms with Crippen LogP contribution in [-0.2, 0) is 9.09 Å². The van der Waals surface area contributed by atoms with Crippen molar-refractivity contribution in [1.29, 1.82) is 0 Å². The lowest BCUT2D eigenvalue weighted by atomic mass is 9.89. The minimum absolute atomic E-state index is 0.0802. The predicted octanol–water partition coefficient (Wildman–Crippen LogP) is 1.95. The summed E-state index contributed by atoms with van der Waals surface area (Å²) in [6.45, 7) is 5.44. The zero-order valence-corrected chi connectivity index (χ0v) is 8.02. The van der Waals surface area contributed by atoms with Gasteiger partial charge in [-0.3, -0.25) is 4.57 Å². The summed E-state index contributed by atoms with van der Waals surface area (Å²) >= 11 is 0. The van der Waals surface area contributed by atoms with E-state index >= 15 is 0 Å². The average molecular weight is 172 g/mol. The highest BCUT2D eigenvalue weighted by Gasteiger charge is 2.45. The molecule has 0 radical (unpaired) electrons. The zero-order chi connectivity index (χ0) is 8.70. The summed E-state index contributed by atoms with van der Waals surface area (Å²) in [6.07, 6.45) is 5.76. The van der Waals surface area contributed by atoms with Crippen LogP contribution in [0.3, 0.4) is 0 Å². The Hall–Kier alpha value is -0.250. The molecular weight excluding hydrogens is 159 g/mol. The largest absolute Gasteiger partial charge is 0.324 e. The minimum atomic E-state index is -2.38. The van der Waals surface area contributed by atoms with Crippen molar-refractivity contribution in [1.82, 2.24) is 0 Å². The standard InChI is InChI=1S/C8H13O2P/c1-5-8(3)6-11(4,9)10-7(8)2/h1,7H,6H2,2-4H3. The minimum Gasteiger partial charge on any atom is -0.324 e. The van der Waals surface area contributed by atoms with E-state index in [0.717, 1.165) is 0 Å². The second-order valence-electron chi connectivity index (χ2n) is 3.48. The molecule has 0 amide bonds. The molecule has 11 heavy (non-hydrogen) atoms. The first-order valence-electron chi connectivity index (χ1n) is 3.62. The molecule has 3 atom stereocenters. The Morgan fingerprint density at radius 1 is 1.82 bits per heavy atom. The van der Waals surface area contributed by atoms with E-state index in [1.54, 1.807) is 6.66 Å². The summed E-state index contributed by atoms with van der Waals surface area (Å²) in [5.74, 6) is 2.65. The molecule has 0 aliphatic carbocycles. The topological polar surface area (TPSA) is 26.3 Å². The van der Waals surface area contributed by atoms with Crippen LogP contribution in [0.25, 0.3) is 0 Å². The zero-order valence-electron chi connectivity index (χ0n) is 7.13. The van der Waals surface area contributed by atoms with Crippen LogP contribution in [0.15, 0.2) is 0 Å². The Morgan fingerprint density at radius 3 is 2.55 bits per heavy atom. The average Bonchev–Trinajstić information content (AvgIpc) is 2.03. The molecule has 1 aliphatic rings. The van der Waals surface area contributed by atoms with Crippen LogP contribution >= 0.6 is 7.37 Å². The summed E-state index contributed by atoms with van der Waals surface area (Å²) < 4.78 is 16.7. The first kappa shape index (κ1) is 8.84. The van der Waals surface area contributed by atoms with Crippen molar-refractivity contribution in [2.45, 2.75) is 20.0 Å². The van der Waals surface area contributed by atoms with Gasteiger partial charge in [0.1, 0.15) is 0 Å². The molecule has 0 N–H and O–H groups in total. The molecular formula is C8H13O2P. The molecule has 0 aromatic heterocycles. The number of rotatable bonds is 0. The van der Waals surface area contributed by atoms with Crippen LogP contribution in [0.2, 0.25) is 0 Å². The lowest BCUT2D eigenvalue weighted by Crippen LogP contribution is -2.25. The quantitative estimate of drug-likeness (QED) is 0.412. The lowest BCUT2D eigenvalue weighted by molar-refractivity contribution is 0.179. The molecule has 1 saturated heterocycles. The van der Waals surface area contributed by atoms with Gasteiger partial charge in [-0.05, 0) is 13.8 Å². The molecule has 3 unspecified atom stereocenters. The second-order valence-corrected chi connectivity index (χ2v) is 6.04. The molecule has 0 spiro atoms. The van der Waals surface area contributed by atoms with Crippen molar-refractivity contribution >= 4 is 7.37 Å². The molecule has 1 heterocycles. The summed E-state index contributed by atoms with van der Waals surface area (Å²) in [5, 5.41) is 0. The molecule has 0 bridgehead atoms. The molecule has 0 saturated carbocycles. The molecule has 2 nitrogen and oxygen atoms in total.